The molecule has 1 unspecified atom stereocenters. The molecule has 1 aliphatic heterocycles. The third-order valence-corrected chi connectivity index (χ3v) is 4.39. The van der Waals surface area contributed by atoms with E-state index < -0.39 is 5.54 Å². The quantitative estimate of drug-likeness (QED) is 0.804. The van der Waals surface area contributed by atoms with E-state index in [-0.39, 0.29) is 23.8 Å². The molecule has 7 heteroatoms. The molecule has 0 bridgehead atoms. The van der Waals surface area contributed by atoms with Crippen LogP contribution in [0.3, 0.4) is 0 Å². The smallest absolute Gasteiger partial charge is 0.318 e. The van der Waals surface area contributed by atoms with Gasteiger partial charge >= 0.3 is 6.03 Å². The first-order chi connectivity index (χ1) is 13.7. The number of amides is 2. The zero-order valence-corrected chi connectivity index (χ0v) is 16.8. The van der Waals surface area contributed by atoms with E-state index in [9.17, 15) is 13.6 Å². The molecule has 1 aliphatic rings. The van der Waals surface area contributed by atoms with Crippen LogP contribution in [0.5, 0.6) is 0 Å². The summed E-state index contributed by atoms with van der Waals surface area (Å²) in [6.07, 6.45) is 0.190. The SMILES string of the molecule is CC(C)(C)NC(=O)N(Cc1ccc(F)cc1)CC1CC(c2ccc(F)cc2)=NO1. The fourth-order valence-electron chi connectivity index (χ4n) is 3.01. The van der Waals surface area contributed by atoms with Gasteiger partial charge in [-0.15, -0.1) is 0 Å². The molecular formula is C22H25F2N3O2. The predicted molar refractivity (Wildman–Crippen MR) is 108 cm³/mol. The maximum absolute atomic E-state index is 13.2. The summed E-state index contributed by atoms with van der Waals surface area (Å²) in [5.41, 5.74) is 1.92. The van der Waals surface area contributed by atoms with Crippen molar-refractivity contribution in [1.82, 2.24) is 10.2 Å². The lowest BCUT2D eigenvalue weighted by molar-refractivity contribution is 0.0580. The molecule has 0 aliphatic carbocycles. The molecule has 1 heterocycles. The minimum atomic E-state index is -0.398. The Hall–Kier alpha value is -2.96. The molecule has 0 radical (unpaired) electrons. The molecule has 0 aromatic heterocycles. The first-order valence-corrected chi connectivity index (χ1v) is 9.50. The number of halogens is 2. The van der Waals surface area contributed by atoms with Crippen LogP contribution in [0.25, 0.3) is 0 Å². The Balaban J connectivity index is 1.68. The van der Waals surface area contributed by atoms with Crippen molar-refractivity contribution in [2.75, 3.05) is 6.54 Å². The first kappa shape index (κ1) is 20.8. The molecule has 5 nitrogen and oxygen atoms in total. The number of carbonyl (C=O) groups is 1. The number of benzene rings is 2. The molecule has 1 N–H and O–H groups in total. The monoisotopic (exact) mass is 401 g/mol. The highest BCUT2D eigenvalue weighted by molar-refractivity contribution is 6.01. The molecule has 2 amide bonds. The topological polar surface area (TPSA) is 53.9 Å². The molecule has 0 saturated heterocycles. The van der Waals surface area contributed by atoms with E-state index in [4.69, 9.17) is 4.84 Å². The molecule has 0 fully saturated rings. The van der Waals surface area contributed by atoms with Gasteiger partial charge in [0.1, 0.15) is 11.6 Å². The van der Waals surface area contributed by atoms with Crippen molar-refractivity contribution in [3.8, 4) is 0 Å². The van der Waals surface area contributed by atoms with Crippen LogP contribution in [-0.4, -0.2) is 34.8 Å². The van der Waals surface area contributed by atoms with Crippen LogP contribution in [0.1, 0.15) is 38.3 Å². The Labute approximate surface area is 169 Å². The summed E-state index contributed by atoms with van der Waals surface area (Å²) in [4.78, 5) is 20.0. The van der Waals surface area contributed by atoms with E-state index in [0.29, 0.717) is 25.2 Å². The number of hydrogen-bond donors (Lipinski definition) is 1. The summed E-state index contributed by atoms with van der Waals surface area (Å²) in [6, 6.07) is 11.9. The first-order valence-electron chi connectivity index (χ1n) is 9.50. The molecule has 29 heavy (non-hydrogen) atoms. The summed E-state index contributed by atoms with van der Waals surface area (Å²) in [7, 11) is 0. The summed E-state index contributed by atoms with van der Waals surface area (Å²) in [6.45, 7) is 6.34. The van der Waals surface area contributed by atoms with Crippen LogP contribution in [0.15, 0.2) is 53.7 Å². The van der Waals surface area contributed by atoms with Crippen LogP contribution in [0, 0.1) is 11.6 Å². The van der Waals surface area contributed by atoms with Gasteiger partial charge in [0.2, 0.25) is 0 Å². The minimum absolute atomic E-state index is 0.236. The Bertz CT molecular complexity index is 874. The van der Waals surface area contributed by atoms with Gasteiger partial charge in [0.25, 0.3) is 0 Å². The fourth-order valence-corrected chi connectivity index (χ4v) is 3.01. The number of rotatable bonds is 5. The standard InChI is InChI=1S/C22H25F2N3O2/c1-22(2,3)25-21(28)27(13-15-4-8-17(23)9-5-15)14-19-12-20(26-29-19)16-6-10-18(24)11-7-16/h4-11,19H,12-14H2,1-3H3,(H,25,28). The fraction of sp³-hybridized carbons (Fsp3) is 0.364. The average molecular weight is 401 g/mol. The second-order valence-electron chi connectivity index (χ2n) is 8.16. The molecule has 3 rings (SSSR count). The number of urea groups is 1. The van der Waals surface area contributed by atoms with E-state index in [1.54, 1.807) is 29.2 Å². The van der Waals surface area contributed by atoms with Gasteiger partial charge in [-0.1, -0.05) is 29.4 Å². The van der Waals surface area contributed by atoms with Crippen LogP contribution in [0.4, 0.5) is 13.6 Å². The zero-order chi connectivity index (χ0) is 21.0. The Kier molecular flexibility index (Phi) is 6.15. The third-order valence-electron chi connectivity index (χ3n) is 4.39. The van der Waals surface area contributed by atoms with E-state index in [1.807, 2.05) is 20.8 Å². The van der Waals surface area contributed by atoms with Crippen LogP contribution >= 0.6 is 0 Å². The van der Waals surface area contributed by atoms with E-state index in [2.05, 4.69) is 10.5 Å². The van der Waals surface area contributed by atoms with Gasteiger partial charge in [0.15, 0.2) is 6.10 Å². The number of nitrogens with zero attached hydrogens (tertiary/aromatic N) is 2. The van der Waals surface area contributed by atoms with Gasteiger partial charge in [0.05, 0.1) is 12.3 Å². The van der Waals surface area contributed by atoms with E-state index >= 15 is 0 Å². The van der Waals surface area contributed by atoms with Crippen molar-refractivity contribution in [2.24, 2.45) is 5.16 Å². The number of oxime groups is 1. The van der Waals surface area contributed by atoms with Gasteiger partial charge in [-0.2, -0.15) is 0 Å². The third kappa shape index (κ3) is 6.01. The van der Waals surface area contributed by atoms with Crippen LogP contribution in [-0.2, 0) is 11.4 Å². The second kappa shape index (κ2) is 8.59. The highest BCUT2D eigenvalue weighted by Crippen LogP contribution is 2.19. The minimum Gasteiger partial charge on any atom is -0.390 e. The lowest BCUT2D eigenvalue weighted by Gasteiger charge is -2.29. The maximum atomic E-state index is 13.2. The molecule has 1 atom stereocenters. The maximum Gasteiger partial charge on any atom is 0.318 e. The second-order valence-corrected chi connectivity index (χ2v) is 8.16. The summed E-state index contributed by atoms with van der Waals surface area (Å²) < 4.78 is 26.3. The number of nitrogens with one attached hydrogen (secondary N) is 1. The summed E-state index contributed by atoms with van der Waals surface area (Å²) in [5, 5.41) is 7.06. The van der Waals surface area contributed by atoms with Crippen molar-refractivity contribution in [3.63, 3.8) is 0 Å². The highest BCUT2D eigenvalue weighted by atomic mass is 19.1. The van der Waals surface area contributed by atoms with E-state index in [1.165, 1.54) is 24.3 Å². The van der Waals surface area contributed by atoms with Crippen molar-refractivity contribution in [3.05, 3.63) is 71.3 Å². The van der Waals surface area contributed by atoms with Crippen molar-refractivity contribution >= 4 is 11.7 Å². The van der Waals surface area contributed by atoms with Gasteiger partial charge in [-0.3, -0.25) is 0 Å². The molecule has 154 valence electrons. The molecule has 0 saturated carbocycles. The van der Waals surface area contributed by atoms with Crippen molar-refractivity contribution in [1.29, 1.82) is 0 Å². The Morgan fingerprint density at radius 3 is 2.28 bits per heavy atom. The van der Waals surface area contributed by atoms with Gasteiger partial charge in [-0.05, 0) is 56.2 Å². The molecule has 0 spiro atoms. The predicted octanol–water partition coefficient (Wildman–Crippen LogP) is 4.47. The molecule has 2 aromatic carbocycles. The van der Waals surface area contributed by atoms with Gasteiger partial charge in [-0.25, -0.2) is 13.6 Å². The van der Waals surface area contributed by atoms with Crippen LogP contribution in [0.2, 0.25) is 0 Å². The Morgan fingerprint density at radius 1 is 1.10 bits per heavy atom. The van der Waals surface area contributed by atoms with Gasteiger partial charge in [0, 0.05) is 18.5 Å². The zero-order valence-electron chi connectivity index (χ0n) is 16.8. The lowest BCUT2D eigenvalue weighted by atomic mass is 10.0. The lowest BCUT2D eigenvalue weighted by Crippen LogP contribution is -2.50. The number of hydrogen-bond acceptors (Lipinski definition) is 3. The van der Waals surface area contributed by atoms with Gasteiger partial charge < -0.3 is 15.1 Å². The van der Waals surface area contributed by atoms with Crippen molar-refractivity contribution < 1.29 is 18.4 Å². The van der Waals surface area contributed by atoms with E-state index in [0.717, 1.165) is 11.1 Å². The largest absolute Gasteiger partial charge is 0.390 e. The molecule has 2 aromatic rings. The average Bonchev–Trinajstić information content (AvgIpc) is 3.11. The van der Waals surface area contributed by atoms with Crippen LogP contribution < -0.4 is 5.32 Å². The van der Waals surface area contributed by atoms with Crippen molar-refractivity contribution in [2.45, 2.75) is 45.4 Å². The molecular weight excluding hydrogens is 376 g/mol. The normalized spacial score (nSPS) is 16.2. The number of carbonyl (C=O) groups excluding carboxylic acids is 1. The highest BCUT2D eigenvalue weighted by Gasteiger charge is 2.28. The Morgan fingerprint density at radius 2 is 1.69 bits per heavy atom. The summed E-state index contributed by atoms with van der Waals surface area (Å²) >= 11 is 0. The summed E-state index contributed by atoms with van der Waals surface area (Å²) in [5.74, 6) is -0.634.